The highest BCUT2D eigenvalue weighted by atomic mass is 79.9. The molecule has 9 heteroatoms. The molecular formula is C12H16BrN3O3S2. The normalized spacial score (nSPS) is 20.6. The molecule has 1 fully saturated rings. The number of anilines is 1. The van der Waals surface area contributed by atoms with Gasteiger partial charge in [0.05, 0.1) is 5.69 Å². The van der Waals surface area contributed by atoms with Crippen molar-refractivity contribution in [2.24, 2.45) is 10.9 Å². The Morgan fingerprint density at radius 2 is 2.29 bits per heavy atom. The van der Waals surface area contributed by atoms with E-state index in [0.29, 0.717) is 22.3 Å². The van der Waals surface area contributed by atoms with Crippen LogP contribution < -0.4 is 10.6 Å². The lowest BCUT2D eigenvalue weighted by Gasteiger charge is -2.36. The predicted molar refractivity (Wildman–Crippen MR) is 90.0 cm³/mol. The zero-order valence-corrected chi connectivity index (χ0v) is 14.6. The number of hydrogen-bond donors (Lipinski definition) is 2. The van der Waals surface area contributed by atoms with Gasteiger partial charge in [0.2, 0.25) is 0 Å². The van der Waals surface area contributed by atoms with E-state index in [4.69, 9.17) is 10.9 Å². The summed E-state index contributed by atoms with van der Waals surface area (Å²) in [6.45, 7) is 0.657. The van der Waals surface area contributed by atoms with Gasteiger partial charge in [0.25, 0.3) is 0 Å². The molecule has 2 rings (SSSR count). The molecule has 1 atom stereocenters. The molecule has 1 aromatic rings. The lowest BCUT2D eigenvalue weighted by atomic mass is 10.2. The zero-order valence-electron chi connectivity index (χ0n) is 11.4. The minimum Gasteiger partial charge on any atom is -0.409 e. The molecule has 0 bridgehead atoms. The quantitative estimate of drug-likeness (QED) is 0.349. The number of halogens is 1. The number of hydrogen-bond acceptors (Lipinski definition) is 6. The van der Waals surface area contributed by atoms with Crippen LogP contribution in [0.15, 0.2) is 27.8 Å². The third kappa shape index (κ3) is 3.64. The van der Waals surface area contributed by atoms with Crippen LogP contribution in [-0.4, -0.2) is 49.1 Å². The van der Waals surface area contributed by atoms with Crippen LogP contribution in [0.25, 0.3) is 0 Å². The van der Waals surface area contributed by atoms with E-state index >= 15 is 0 Å². The van der Waals surface area contributed by atoms with E-state index < -0.39 is 15.2 Å². The third-order valence-electron chi connectivity index (χ3n) is 3.24. The van der Waals surface area contributed by atoms with E-state index in [1.165, 1.54) is 6.26 Å². The maximum absolute atomic E-state index is 12.0. The van der Waals surface area contributed by atoms with Gasteiger partial charge in [-0.25, -0.2) is 8.42 Å². The first-order valence-corrected chi connectivity index (χ1v) is 10.1. The van der Waals surface area contributed by atoms with Crippen LogP contribution in [0.1, 0.15) is 5.56 Å². The Morgan fingerprint density at radius 3 is 2.86 bits per heavy atom. The van der Waals surface area contributed by atoms with Gasteiger partial charge in [-0.3, -0.25) is 0 Å². The molecule has 0 amide bonds. The standard InChI is InChI=1S/C12H16BrN3O3S2/c1-21(18,19)11-7-20-5-4-16(11)10-3-2-8(6-9(10)13)12(14)15-17/h2-3,6,11,17H,4-5,7H2,1H3,(H2,14,15). The summed E-state index contributed by atoms with van der Waals surface area (Å²) < 4.78 is 24.6. The van der Waals surface area contributed by atoms with E-state index in [9.17, 15) is 8.42 Å². The summed E-state index contributed by atoms with van der Waals surface area (Å²) >= 11 is 5.08. The minimum atomic E-state index is -3.18. The second-order valence-corrected chi connectivity index (χ2v) is 8.91. The Morgan fingerprint density at radius 1 is 1.57 bits per heavy atom. The number of rotatable bonds is 3. The van der Waals surface area contributed by atoms with Crippen molar-refractivity contribution in [1.82, 2.24) is 0 Å². The summed E-state index contributed by atoms with van der Waals surface area (Å²) in [5, 5.41) is 11.1. The Bertz CT molecular complexity index is 664. The molecule has 116 valence electrons. The zero-order chi connectivity index (χ0) is 15.6. The van der Waals surface area contributed by atoms with E-state index in [2.05, 4.69) is 21.1 Å². The molecule has 21 heavy (non-hydrogen) atoms. The van der Waals surface area contributed by atoms with Gasteiger partial charge < -0.3 is 15.8 Å². The number of thioether (sulfide) groups is 1. The summed E-state index contributed by atoms with van der Waals surface area (Å²) in [6, 6.07) is 5.20. The molecule has 0 aromatic heterocycles. The van der Waals surface area contributed by atoms with Gasteiger partial charge in [0.15, 0.2) is 15.7 Å². The molecule has 3 N–H and O–H groups in total. The van der Waals surface area contributed by atoms with Gasteiger partial charge >= 0.3 is 0 Å². The van der Waals surface area contributed by atoms with Crippen molar-refractivity contribution in [1.29, 1.82) is 0 Å². The number of nitrogens with two attached hydrogens (primary N) is 1. The second-order valence-electron chi connectivity index (χ2n) is 4.70. The highest BCUT2D eigenvalue weighted by Crippen LogP contribution is 2.33. The third-order valence-corrected chi connectivity index (χ3v) is 6.52. The van der Waals surface area contributed by atoms with Crippen LogP contribution in [0, 0.1) is 0 Å². The van der Waals surface area contributed by atoms with Crippen LogP contribution in [0.5, 0.6) is 0 Å². The lowest BCUT2D eigenvalue weighted by Crippen LogP contribution is -2.47. The molecule has 0 spiro atoms. The van der Waals surface area contributed by atoms with Crippen molar-refractivity contribution in [2.75, 3.05) is 29.2 Å². The molecule has 1 heterocycles. The Labute approximate surface area is 136 Å². The van der Waals surface area contributed by atoms with Crippen LogP contribution in [0.4, 0.5) is 5.69 Å². The van der Waals surface area contributed by atoms with Gasteiger partial charge in [-0.05, 0) is 34.1 Å². The van der Waals surface area contributed by atoms with E-state index in [1.807, 2.05) is 4.90 Å². The molecule has 1 aromatic carbocycles. The lowest BCUT2D eigenvalue weighted by molar-refractivity contribution is 0.318. The fourth-order valence-corrected chi connectivity index (χ4v) is 5.61. The van der Waals surface area contributed by atoms with Crippen molar-refractivity contribution in [2.45, 2.75) is 5.37 Å². The van der Waals surface area contributed by atoms with Crippen molar-refractivity contribution in [3.63, 3.8) is 0 Å². The number of benzene rings is 1. The summed E-state index contributed by atoms with van der Waals surface area (Å²) in [7, 11) is -3.18. The SMILES string of the molecule is CS(=O)(=O)C1CSCCN1c1ccc(/C(N)=N/O)cc1Br. The van der Waals surface area contributed by atoms with Gasteiger partial charge in [0, 0.05) is 34.3 Å². The molecular weight excluding hydrogens is 378 g/mol. The molecule has 6 nitrogen and oxygen atoms in total. The summed E-state index contributed by atoms with van der Waals surface area (Å²) in [5.74, 6) is 1.43. The summed E-state index contributed by atoms with van der Waals surface area (Å²) in [5.41, 5.74) is 6.91. The first-order chi connectivity index (χ1) is 9.84. The molecule has 1 unspecified atom stereocenters. The number of amidine groups is 1. The molecule has 0 aliphatic carbocycles. The van der Waals surface area contributed by atoms with Crippen molar-refractivity contribution in [3.05, 3.63) is 28.2 Å². The van der Waals surface area contributed by atoms with Crippen molar-refractivity contribution in [3.8, 4) is 0 Å². The highest BCUT2D eigenvalue weighted by molar-refractivity contribution is 9.10. The fourth-order valence-electron chi connectivity index (χ4n) is 2.17. The number of nitrogens with zero attached hydrogens (tertiary/aromatic N) is 2. The van der Waals surface area contributed by atoms with Crippen molar-refractivity contribution >= 4 is 49.1 Å². The van der Waals surface area contributed by atoms with E-state index in [0.717, 1.165) is 11.4 Å². The maximum Gasteiger partial charge on any atom is 0.170 e. The number of sulfone groups is 1. The Kier molecular flexibility index (Phi) is 5.05. The topological polar surface area (TPSA) is 96.0 Å². The van der Waals surface area contributed by atoms with E-state index in [1.54, 1.807) is 30.0 Å². The maximum atomic E-state index is 12.0. The summed E-state index contributed by atoms with van der Waals surface area (Å²) in [4.78, 5) is 1.88. The first-order valence-electron chi connectivity index (χ1n) is 6.15. The van der Waals surface area contributed by atoms with Gasteiger partial charge in [0.1, 0.15) is 5.37 Å². The monoisotopic (exact) mass is 393 g/mol. The highest BCUT2D eigenvalue weighted by Gasteiger charge is 2.32. The average molecular weight is 394 g/mol. The van der Waals surface area contributed by atoms with Gasteiger partial charge in [-0.1, -0.05) is 5.16 Å². The largest absolute Gasteiger partial charge is 0.409 e. The molecule has 1 aliphatic rings. The minimum absolute atomic E-state index is 0.0103. The van der Waals surface area contributed by atoms with Crippen LogP contribution in [0.3, 0.4) is 0 Å². The Balaban J connectivity index is 2.40. The Hall–Kier alpha value is -0.930. The van der Waals surface area contributed by atoms with Gasteiger partial charge in [-0.15, -0.1) is 0 Å². The predicted octanol–water partition coefficient (Wildman–Crippen LogP) is 1.47. The van der Waals surface area contributed by atoms with Crippen LogP contribution >= 0.6 is 27.7 Å². The van der Waals surface area contributed by atoms with Gasteiger partial charge in [-0.2, -0.15) is 11.8 Å². The fraction of sp³-hybridized carbons (Fsp3) is 0.417. The van der Waals surface area contributed by atoms with Crippen LogP contribution in [0.2, 0.25) is 0 Å². The first kappa shape index (κ1) is 16.4. The van der Waals surface area contributed by atoms with Crippen LogP contribution in [-0.2, 0) is 9.84 Å². The molecule has 1 aliphatic heterocycles. The smallest absolute Gasteiger partial charge is 0.170 e. The summed E-state index contributed by atoms with van der Waals surface area (Å²) in [6.07, 6.45) is 1.26. The number of oxime groups is 1. The van der Waals surface area contributed by atoms with Crippen molar-refractivity contribution < 1.29 is 13.6 Å². The molecule has 0 saturated carbocycles. The molecule has 0 radical (unpaired) electrons. The molecule has 1 saturated heterocycles. The second kappa shape index (κ2) is 6.45. The van der Waals surface area contributed by atoms with E-state index in [-0.39, 0.29) is 5.84 Å². The average Bonchev–Trinajstić information content (AvgIpc) is 2.45.